The normalized spacial score (nSPS) is 22.5. The quantitative estimate of drug-likeness (QED) is 0.835. The SMILES string of the molecule is N#Cc1cc(F)ccc1NC(=O)C1CCCC1N. The Morgan fingerprint density at radius 1 is 1.50 bits per heavy atom. The van der Waals surface area contributed by atoms with Gasteiger partial charge in [-0.25, -0.2) is 4.39 Å². The van der Waals surface area contributed by atoms with Gasteiger partial charge < -0.3 is 11.1 Å². The minimum atomic E-state index is -0.498. The molecule has 5 heteroatoms. The lowest BCUT2D eigenvalue weighted by molar-refractivity contribution is -0.120. The summed E-state index contributed by atoms with van der Waals surface area (Å²) < 4.78 is 13.0. The van der Waals surface area contributed by atoms with Crippen LogP contribution < -0.4 is 11.1 Å². The van der Waals surface area contributed by atoms with Gasteiger partial charge >= 0.3 is 0 Å². The fourth-order valence-electron chi connectivity index (χ4n) is 2.26. The molecule has 0 bridgehead atoms. The lowest BCUT2D eigenvalue weighted by Crippen LogP contribution is -2.34. The maximum atomic E-state index is 13.0. The predicted molar refractivity (Wildman–Crippen MR) is 65.1 cm³/mol. The third-order valence-corrected chi connectivity index (χ3v) is 3.27. The van der Waals surface area contributed by atoms with Crippen molar-refractivity contribution in [1.82, 2.24) is 0 Å². The summed E-state index contributed by atoms with van der Waals surface area (Å²) >= 11 is 0. The first-order chi connectivity index (χ1) is 8.61. The van der Waals surface area contributed by atoms with Gasteiger partial charge in [0.2, 0.25) is 5.91 Å². The fraction of sp³-hybridized carbons (Fsp3) is 0.385. The van der Waals surface area contributed by atoms with Crippen molar-refractivity contribution in [1.29, 1.82) is 5.26 Å². The number of hydrogen-bond donors (Lipinski definition) is 2. The Hall–Kier alpha value is -1.93. The second-order valence-electron chi connectivity index (χ2n) is 4.49. The Labute approximate surface area is 105 Å². The number of nitrogens with two attached hydrogens (primary N) is 1. The molecule has 1 aromatic carbocycles. The van der Waals surface area contributed by atoms with E-state index in [0.29, 0.717) is 5.69 Å². The van der Waals surface area contributed by atoms with E-state index in [0.717, 1.165) is 25.3 Å². The summed E-state index contributed by atoms with van der Waals surface area (Å²) in [6.45, 7) is 0. The standard InChI is InChI=1S/C13H14FN3O/c14-9-4-5-12(8(6-9)7-15)17-13(18)10-2-1-3-11(10)16/h4-6,10-11H,1-3,16H2,(H,17,18). The largest absolute Gasteiger partial charge is 0.327 e. The summed E-state index contributed by atoms with van der Waals surface area (Å²) in [5.41, 5.74) is 6.30. The third-order valence-electron chi connectivity index (χ3n) is 3.27. The van der Waals surface area contributed by atoms with E-state index in [1.54, 1.807) is 0 Å². The first kappa shape index (κ1) is 12.5. The van der Waals surface area contributed by atoms with Crippen LogP contribution in [-0.2, 0) is 4.79 Å². The second kappa shape index (κ2) is 5.15. The molecule has 2 atom stereocenters. The molecule has 0 spiro atoms. The number of amides is 1. The molecule has 0 saturated heterocycles. The van der Waals surface area contributed by atoms with Gasteiger partial charge in [-0.2, -0.15) is 5.26 Å². The number of nitriles is 1. The highest BCUT2D eigenvalue weighted by molar-refractivity contribution is 5.94. The van der Waals surface area contributed by atoms with Gasteiger partial charge in [-0.1, -0.05) is 6.42 Å². The molecule has 3 N–H and O–H groups in total. The van der Waals surface area contributed by atoms with Crippen LogP contribution >= 0.6 is 0 Å². The van der Waals surface area contributed by atoms with Gasteiger partial charge in [0.1, 0.15) is 11.9 Å². The molecular weight excluding hydrogens is 233 g/mol. The van der Waals surface area contributed by atoms with Gasteiger partial charge in [-0.3, -0.25) is 4.79 Å². The van der Waals surface area contributed by atoms with Crippen LogP contribution in [0.15, 0.2) is 18.2 Å². The van der Waals surface area contributed by atoms with E-state index in [1.165, 1.54) is 12.1 Å². The van der Waals surface area contributed by atoms with Crippen molar-refractivity contribution in [3.05, 3.63) is 29.6 Å². The van der Waals surface area contributed by atoms with Crippen LogP contribution in [0.2, 0.25) is 0 Å². The molecule has 0 radical (unpaired) electrons. The minimum Gasteiger partial charge on any atom is -0.327 e. The van der Waals surface area contributed by atoms with Crippen molar-refractivity contribution in [2.45, 2.75) is 25.3 Å². The summed E-state index contributed by atoms with van der Waals surface area (Å²) in [4.78, 5) is 12.0. The zero-order valence-corrected chi connectivity index (χ0v) is 9.82. The van der Waals surface area contributed by atoms with Gasteiger partial charge in [0.15, 0.2) is 0 Å². The molecular formula is C13H14FN3O. The molecule has 1 saturated carbocycles. The number of anilines is 1. The summed E-state index contributed by atoms with van der Waals surface area (Å²) in [5.74, 6) is -0.910. The van der Waals surface area contributed by atoms with Crippen molar-refractivity contribution in [2.75, 3.05) is 5.32 Å². The van der Waals surface area contributed by atoms with Crippen molar-refractivity contribution in [3.8, 4) is 6.07 Å². The number of halogens is 1. The Bertz CT molecular complexity index is 509. The van der Waals surface area contributed by atoms with Crippen LogP contribution in [0, 0.1) is 23.1 Å². The molecule has 18 heavy (non-hydrogen) atoms. The van der Waals surface area contributed by atoms with E-state index in [1.807, 2.05) is 6.07 Å². The van der Waals surface area contributed by atoms with Crippen LogP contribution in [0.1, 0.15) is 24.8 Å². The van der Waals surface area contributed by atoms with Gasteiger partial charge in [-0.15, -0.1) is 0 Å². The predicted octanol–water partition coefficient (Wildman–Crippen LogP) is 1.76. The van der Waals surface area contributed by atoms with Crippen molar-refractivity contribution >= 4 is 11.6 Å². The van der Waals surface area contributed by atoms with E-state index in [-0.39, 0.29) is 23.4 Å². The molecule has 0 heterocycles. The molecule has 1 amide bonds. The average Bonchev–Trinajstić information content (AvgIpc) is 2.77. The number of rotatable bonds is 2. The number of carbonyl (C=O) groups excluding carboxylic acids is 1. The van der Waals surface area contributed by atoms with Crippen LogP contribution in [0.25, 0.3) is 0 Å². The average molecular weight is 247 g/mol. The number of nitrogens with one attached hydrogen (secondary N) is 1. The highest BCUT2D eigenvalue weighted by Crippen LogP contribution is 2.26. The monoisotopic (exact) mass is 247 g/mol. The molecule has 1 aliphatic rings. The summed E-state index contributed by atoms with van der Waals surface area (Å²) in [5, 5.41) is 11.5. The van der Waals surface area contributed by atoms with E-state index in [2.05, 4.69) is 5.32 Å². The van der Waals surface area contributed by atoms with Crippen LogP contribution in [0.5, 0.6) is 0 Å². The lowest BCUT2D eigenvalue weighted by atomic mass is 10.0. The zero-order valence-electron chi connectivity index (χ0n) is 9.82. The summed E-state index contributed by atoms with van der Waals surface area (Å²) in [6.07, 6.45) is 2.54. The first-order valence-electron chi connectivity index (χ1n) is 5.88. The summed E-state index contributed by atoms with van der Waals surface area (Å²) in [6, 6.07) is 5.44. The van der Waals surface area contributed by atoms with E-state index < -0.39 is 5.82 Å². The van der Waals surface area contributed by atoms with E-state index in [9.17, 15) is 9.18 Å². The Morgan fingerprint density at radius 2 is 2.28 bits per heavy atom. The Balaban J connectivity index is 2.14. The Morgan fingerprint density at radius 3 is 2.89 bits per heavy atom. The third kappa shape index (κ3) is 2.49. The molecule has 1 fully saturated rings. The molecule has 0 aliphatic heterocycles. The number of nitrogens with zero attached hydrogens (tertiary/aromatic N) is 1. The maximum absolute atomic E-state index is 13.0. The minimum absolute atomic E-state index is 0.120. The lowest BCUT2D eigenvalue weighted by Gasteiger charge is -2.15. The second-order valence-corrected chi connectivity index (χ2v) is 4.49. The smallest absolute Gasteiger partial charge is 0.229 e. The molecule has 94 valence electrons. The van der Waals surface area contributed by atoms with Crippen molar-refractivity contribution in [2.24, 2.45) is 11.7 Å². The molecule has 4 nitrogen and oxygen atoms in total. The highest BCUT2D eigenvalue weighted by atomic mass is 19.1. The van der Waals surface area contributed by atoms with Gasteiger partial charge in [0.25, 0.3) is 0 Å². The van der Waals surface area contributed by atoms with Gasteiger partial charge in [0.05, 0.1) is 17.2 Å². The van der Waals surface area contributed by atoms with Crippen molar-refractivity contribution < 1.29 is 9.18 Å². The summed E-state index contributed by atoms with van der Waals surface area (Å²) in [7, 11) is 0. The Kier molecular flexibility index (Phi) is 3.58. The number of benzene rings is 1. The van der Waals surface area contributed by atoms with E-state index in [4.69, 9.17) is 11.0 Å². The topological polar surface area (TPSA) is 78.9 Å². The van der Waals surface area contributed by atoms with E-state index >= 15 is 0 Å². The number of carbonyl (C=O) groups is 1. The molecule has 0 aromatic heterocycles. The molecule has 1 aromatic rings. The number of hydrogen-bond acceptors (Lipinski definition) is 3. The highest BCUT2D eigenvalue weighted by Gasteiger charge is 2.30. The van der Waals surface area contributed by atoms with Crippen LogP contribution in [0.3, 0.4) is 0 Å². The van der Waals surface area contributed by atoms with Gasteiger partial charge in [0, 0.05) is 6.04 Å². The van der Waals surface area contributed by atoms with Gasteiger partial charge in [-0.05, 0) is 31.0 Å². The van der Waals surface area contributed by atoms with Crippen LogP contribution in [0.4, 0.5) is 10.1 Å². The van der Waals surface area contributed by atoms with Crippen LogP contribution in [-0.4, -0.2) is 11.9 Å². The molecule has 2 rings (SSSR count). The first-order valence-corrected chi connectivity index (χ1v) is 5.88. The zero-order chi connectivity index (χ0) is 13.1. The molecule has 1 aliphatic carbocycles. The fourth-order valence-corrected chi connectivity index (χ4v) is 2.26. The molecule has 2 unspecified atom stereocenters. The maximum Gasteiger partial charge on any atom is 0.229 e. The van der Waals surface area contributed by atoms with Crippen molar-refractivity contribution in [3.63, 3.8) is 0 Å².